The molecule has 0 bridgehead atoms. The quantitative estimate of drug-likeness (QED) is 0.935. The first-order chi connectivity index (χ1) is 9.49. The van der Waals surface area contributed by atoms with E-state index < -0.39 is 5.82 Å². The molecule has 2 rings (SSSR count). The van der Waals surface area contributed by atoms with Crippen LogP contribution in [0.15, 0.2) is 36.5 Å². The van der Waals surface area contributed by atoms with Crippen molar-refractivity contribution in [3.8, 4) is 0 Å². The smallest absolute Gasteiger partial charge is 0.259 e. The average Bonchev–Trinajstić information content (AvgIpc) is 2.42. The van der Waals surface area contributed by atoms with E-state index in [0.29, 0.717) is 11.4 Å². The molecule has 4 nitrogen and oxygen atoms in total. The Kier molecular flexibility index (Phi) is 3.98. The number of benzene rings is 1. The second-order valence-corrected chi connectivity index (χ2v) is 4.71. The summed E-state index contributed by atoms with van der Waals surface area (Å²) >= 11 is 0. The lowest BCUT2D eigenvalue weighted by Crippen LogP contribution is -2.20. The molecule has 2 aromatic rings. The molecule has 0 aliphatic carbocycles. The normalized spacial score (nSPS) is 10.2. The van der Waals surface area contributed by atoms with Gasteiger partial charge in [-0.1, -0.05) is 6.07 Å². The van der Waals surface area contributed by atoms with Gasteiger partial charge >= 0.3 is 0 Å². The number of nitrogens with zero attached hydrogens (tertiary/aromatic N) is 2. The lowest BCUT2D eigenvalue weighted by Gasteiger charge is -2.15. The van der Waals surface area contributed by atoms with E-state index in [1.54, 1.807) is 49.5 Å². The molecule has 1 aromatic heterocycles. The second kappa shape index (κ2) is 5.69. The number of halogens is 1. The Morgan fingerprint density at radius 3 is 2.75 bits per heavy atom. The number of carbonyl (C=O) groups is 1. The van der Waals surface area contributed by atoms with E-state index in [9.17, 15) is 9.18 Å². The predicted octanol–water partition coefficient (Wildman–Crippen LogP) is 2.85. The van der Waals surface area contributed by atoms with E-state index in [-0.39, 0.29) is 11.6 Å². The molecule has 0 spiro atoms. The predicted molar refractivity (Wildman–Crippen MR) is 77.7 cm³/mol. The molecule has 20 heavy (non-hydrogen) atoms. The van der Waals surface area contributed by atoms with Crippen molar-refractivity contribution < 1.29 is 9.18 Å². The molecule has 0 unspecified atom stereocenters. The lowest BCUT2D eigenvalue weighted by molar-refractivity contribution is 0.102. The molecule has 1 heterocycles. The van der Waals surface area contributed by atoms with E-state index in [0.717, 1.165) is 5.56 Å². The average molecular weight is 273 g/mol. The van der Waals surface area contributed by atoms with E-state index >= 15 is 0 Å². The third kappa shape index (κ3) is 2.93. The fourth-order valence-corrected chi connectivity index (χ4v) is 1.86. The Hall–Kier alpha value is -2.43. The molecule has 0 saturated carbocycles. The van der Waals surface area contributed by atoms with Crippen molar-refractivity contribution in [2.45, 2.75) is 6.92 Å². The van der Waals surface area contributed by atoms with Crippen LogP contribution in [-0.2, 0) is 0 Å². The van der Waals surface area contributed by atoms with Crippen molar-refractivity contribution >= 4 is 17.4 Å². The van der Waals surface area contributed by atoms with Crippen molar-refractivity contribution in [2.75, 3.05) is 24.3 Å². The van der Waals surface area contributed by atoms with Crippen molar-refractivity contribution in [1.82, 2.24) is 4.98 Å². The highest BCUT2D eigenvalue weighted by atomic mass is 19.1. The highest BCUT2D eigenvalue weighted by molar-refractivity contribution is 6.07. The van der Waals surface area contributed by atoms with Crippen LogP contribution in [0.1, 0.15) is 15.9 Å². The number of rotatable bonds is 3. The number of nitrogens with one attached hydrogen (secondary N) is 1. The van der Waals surface area contributed by atoms with E-state index in [1.807, 2.05) is 6.92 Å². The number of anilines is 2. The first-order valence-corrected chi connectivity index (χ1v) is 6.19. The zero-order valence-electron chi connectivity index (χ0n) is 11.6. The maximum absolute atomic E-state index is 13.7. The van der Waals surface area contributed by atoms with Crippen molar-refractivity contribution in [3.63, 3.8) is 0 Å². The molecular weight excluding hydrogens is 257 g/mol. The molecule has 104 valence electrons. The summed E-state index contributed by atoms with van der Waals surface area (Å²) in [6, 6.07) is 7.92. The highest BCUT2D eigenvalue weighted by Gasteiger charge is 2.15. The van der Waals surface area contributed by atoms with E-state index in [4.69, 9.17) is 0 Å². The molecule has 0 saturated heterocycles. The fraction of sp³-hybridized carbons (Fsp3) is 0.200. The van der Waals surface area contributed by atoms with Crippen LogP contribution in [0.4, 0.5) is 15.9 Å². The van der Waals surface area contributed by atoms with Gasteiger partial charge in [0.25, 0.3) is 5.91 Å². The molecule has 1 amide bonds. The maximum Gasteiger partial charge on any atom is 0.259 e. The summed E-state index contributed by atoms with van der Waals surface area (Å²) in [6.45, 7) is 1.84. The molecule has 5 heteroatoms. The fourth-order valence-electron chi connectivity index (χ4n) is 1.86. The maximum atomic E-state index is 13.7. The van der Waals surface area contributed by atoms with Gasteiger partial charge in [-0.3, -0.25) is 4.79 Å². The number of aromatic nitrogens is 1. The number of amides is 1. The standard InChI is InChI=1S/C15H16FN3O/c1-10-6-7-12(16)13(9-10)18-15(20)11-5-4-8-17-14(11)19(2)3/h4-9H,1-3H3,(H,18,20). The van der Waals surface area contributed by atoms with Crippen LogP contribution < -0.4 is 10.2 Å². The largest absolute Gasteiger partial charge is 0.362 e. The summed E-state index contributed by atoms with van der Waals surface area (Å²) in [7, 11) is 3.60. The molecule has 1 N–H and O–H groups in total. The number of aryl methyl sites for hydroxylation is 1. The Morgan fingerprint density at radius 1 is 1.30 bits per heavy atom. The van der Waals surface area contributed by atoms with Gasteiger partial charge in [0.05, 0.1) is 11.3 Å². The van der Waals surface area contributed by atoms with E-state index in [1.165, 1.54) is 6.07 Å². The van der Waals surface area contributed by atoms with Crippen LogP contribution >= 0.6 is 0 Å². The van der Waals surface area contributed by atoms with Crippen molar-refractivity contribution in [2.24, 2.45) is 0 Å². The number of pyridine rings is 1. The van der Waals surface area contributed by atoms with Gasteiger partial charge < -0.3 is 10.2 Å². The summed E-state index contributed by atoms with van der Waals surface area (Å²) in [5.74, 6) is -0.302. The molecule has 1 aromatic carbocycles. The summed E-state index contributed by atoms with van der Waals surface area (Å²) < 4.78 is 13.7. The van der Waals surface area contributed by atoms with Crippen molar-refractivity contribution in [3.05, 3.63) is 53.5 Å². The SMILES string of the molecule is Cc1ccc(F)c(NC(=O)c2cccnc2N(C)C)c1. The molecule has 0 fully saturated rings. The minimum Gasteiger partial charge on any atom is -0.362 e. The zero-order chi connectivity index (χ0) is 14.7. The van der Waals surface area contributed by atoms with Gasteiger partial charge in [-0.15, -0.1) is 0 Å². The molecule has 0 aliphatic rings. The Bertz CT molecular complexity index is 641. The van der Waals surface area contributed by atoms with Crippen LogP contribution in [0.2, 0.25) is 0 Å². The van der Waals surface area contributed by atoms with Crippen LogP contribution in [0.3, 0.4) is 0 Å². The van der Waals surface area contributed by atoms with Crippen molar-refractivity contribution in [1.29, 1.82) is 0 Å². The van der Waals surface area contributed by atoms with Crippen LogP contribution in [0, 0.1) is 12.7 Å². The van der Waals surface area contributed by atoms with Gasteiger partial charge in [0.15, 0.2) is 0 Å². The van der Waals surface area contributed by atoms with Gasteiger partial charge in [-0.2, -0.15) is 0 Å². The topological polar surface area (TPSA) is 45.2 Å². The molecular formula is C15H16FN3O. The first-order valence-electron chi connectivity index (χ1n) is 6.19. The van der Waals surface area contributed by atoms with Gasteiger partial charge in [-0.05, 0) is 36.8 Å². The van der Waals surface area contributed by atoms with Crippen LogP contribution in [0.25, 0.3) is 0 Å². The number of hydrogen-bond acceptors (Lipinski definition) is 3. The summed E-state index contributed by atoms with van der Waals surface area (Å²) in [5.41, 5.74) is 1.45. The van der Waals surface area contributed by atoms with Crippen LogP contribution in [-0.4, -0.2) is 25.0 Å². The van der Waals surface area contributed by atoms with Gasteiger partial charge in [0.2, 0.25) is 0 Å². The summed E-state index contributed by atoms with van der Waals surface area (Å²) in [6.07, 6.45) is 1.61. The molecule has 0 radical (unpaired) electrons. The Labute approximate surface area is 117 Å². The third-order valence-electron chi connectivity index (χ3n) is 2.82. The monoisotopic (exact) mass is 273 g/mol. The molecule has 0 aliphatic heterocycles. The highest BCUT2D eigenvalue weighted by Crippen LogP contribution is 2.19. The Morgan fingerprint density at radius 2 is 2.05 bits per heavy atom. The zero-order valence-corrected chi connectivity index (χ0v) is 11.6. The minimum atomic E-state index is -0.459. The van der Waals surface area contributed by atoms with E-state index in [2.05, 4.69) is 10.3 Å². The van der Waals surface area contributed by atoms with Gasteiger partial charge in [0, 0.05) is 20.3 Å². The Balaban J connectivity index is 2.31. The van der Waals surface area contributed by atoms with Gasteiger partial charge in [0.1, 0.15) is 11.6 Å². The lowest BCUT2D eigenvalue weighted by atomic mass is 10.2. The second-order valence-electron chi connectivity index (χ2n) is 4.71. The summed E-state index contributed by atoms with van der Waals surface area (Å²) in [4.78, 5) is 18.1. The first kappa shape index (κ1) is 14.0. The summed E-state index contributed by atoms with van der Waals surface area (Å²) in [5, 5.41) is 2.58. The molecule has 0 atom stereocenters. The minimum absolute atomic E-state index is 0.170. The number of hydrogen-bond donors (Lipinski definition) is 1. The van der Waals surface area contributed by atoms with Gasteiger partial charge in [-0.25, -0.2) is 9.37 Å². The number of carbonyl (C=O) groups excluding carboxylic acids is 1. The third-order valence-corrected chi connectivity index (χ3v) is 2.82. The van der Waals surface area contributed by atoms with Crippen LogP contribution in [0.5, 0.6) is 0 Å².